The Hall–Kier alpha value is -1.68. The van der Waals surface area contributed by atoms with E-state index in [4.69, 9.17) is 0 Å². The van der Waals surface area contributed by atoms with Crippen LogP contribution >= 0.6 is 0 Å². The van der Waals surface area contributed by atoms with Gasteiger partial charge in [-0.15, -0.1) is 5.10 Å². The second-order valence-electron chi connectivity index (χ2n) is 4.19. The molecule has 0 aliphatic rings. The molecule has 1 aromatic heterocycles. The van der Waals surface area contributed by atoms with Crippen molar-refractivity contribution in [2.24, 2.45) is 7.05 Å². The van der Waals surface area contributed by atoms with Gasteiger partial charge in [-0.2, -0.15) is 0 Å². The van der Waals surface area contributed by atoms with Gasteiger partial charge in [0.2, 0.25) is 0 Å². The number of nitrogens with one attached hydrogen (secondary N) is 1. The third-order valence-corrected chi connectivity index (χ3v) is 2.83. The first-order valence-electron chi connectivity index (χ1n) is 5.87. The number of hydrogen-bond donors (Lipinski definition) is 1. The van der Waals surface area contributed by atoms with Crippen molar-refractivity contribution in [3.8, 4) is 0 Å². The molecule has 1 unspecified atom stereocenters. The Morgan fingerprint density at radius 1 is 1.41 bits per heavy atom. The highest BCUT2D eigenvalue weighted by atomic mass is 15.4. The highest BCUT2D eigenvalue weighted by Gasteiger charge is 2.16. The van der Waals surface area contributed by atoms with Crippen LogP contribution in [0.15, 0.2) is 30.5 Å². The van der Waals surface area contributed by atoms with Gasteiger partial charge in [-0.25, -0.2) is 0 Å². The van der Waals surface area contributed by atoms with Crippen LogP contribution in [-0.2, 0) is 7.05 Å². The SMILES string of the molecule is CCNC(c1cccc(C)c1)c1cnnn1C. The standard InChI is InChI=1S/C13H18N4/c1-4-14-13(12-9-15-16-17(12)3)11-7-5-6-10(2)8-11/h5-9,13-14H,4H2,1-3H3. The van der Waals surface area contributed by atoms with Crippen molar-refractivity contribution in [3.63, 3.8) is 0 Å². The van der Waals surface area contributed by atoms with Gasteiger partial charge in [0.25, 0.3) is 0 Å². The fourth-order valence-electron chi connectivity index (χ4n) is 2.01. The summed E-state index contributed by atoms with van der Waals surface area (Å²) in [6.45, 7) is 5.12. The molecule has 0 aliphatic heterocycles. The molecule has 4 heteroatoms. The van der Waals surface area contributed by atoms with E-state index in [0.717, 1.165) is 12.2 Å². The van der Waals surface area contributed by atoms with E-state index in [1.807, 2.05) is 17.9 Å². The molecular weight excluding hydrogens is 212 g/mol. The summed E-state index contributed by atoms with van der Waals surface area (Å²) in [7, 11) is 1.92. The van der Waals surface area contributed by atoms with E-state index in [9.17, 15) is 0 Å². The van der Waals surface area contributed by atoms with Gasteiger partial charge in [0.05, 0.1) is 17.9 Å². The second-order valence-corrected chi connectivity index (χ2v) is 4.19. The van der Waals surface area contributed by atoms with E-state index in [1.54, 1.807) is 0 Å². The Bertz CT molecular complexity index is 490. The average molecular weight is 230 g/mol. The van der Waals surface area contributed by atoms with Crippen molar-refractivity contribution < 1.29 is 0 Å². The maximum absolute atomic E-state index is 3.99. The fourth-order valence-corrected chi connectivity index (χ4v) is 2.01. The van der Waals surface area contributed by atoms with E-state index >= 15 is 0 Å². The topological polar surface area (TPSA) is 42.7 Å². The number of aryl methyl sites for hydroxylation is 2. The zero-order chi connectivity index (χ0) is 12.3. The molecule has 1 atom stereocenters. The maximum Gasteiger partial charge on any atom is 0.0798 e. The first-order valence-corrected chi connectivity index (χ1v) is 5.87. The molecule has 4 nitrogen and oxygen atoms in total. The van der Waals surface area contributed by atoms with Crippen molar-refractivity contribution in [3.05, 3.63) is 47.3 Å². The first kappa shape index (κ1) is 11.8. The Kier molecular flexibility index (Phi) is 3.54. The van der Waals surface area contributed by atoms with Crippen LogP contribution in [0.1, 0.15) is 29.8 Å². The molecule has 2 aromatic rings. The van der Waals surface area contributed by atoms with E-state index in [1.165, 1.54) is 11.1 Å². The van der Waals surface area contributed by atoms with E-state index in [2.05, 4.69) is 53.7 Å². The van der Waals surface area contributed by atoms with Crippen LogP contribution in [0.2, 0.25) is 0 Å². The Morgan fingerprint density at radius 3 is 2.82 bits per heavy atom. The van der Waals surface area contributed by atoms with Crippen LogP contribution in [-0.4, -0.2) is 21.5 Å². The number of rotatable bonds is 4. The zero-order valence-electron chi connectivity index (χ0n) is 10.5. The smallest absolute Gasteiger partial charge is 0.0798 e. The van der Waals surface area contributed by atoms with Gasteiger partial charge in [-0.3, -0.25) is 4.68 Å². The summed E-state index contributed by atoms with van der Waals surface area (Å²) in [6.07, 6.45) is 1.82. The lowest BCUT2D eigenvalue weighted by atomic mass is 10.0. The number of benzene rings is 1. The fraction of sp³-hybridized carbons (Fsp3) is 0.385. The van der Waals surface area contributed by atoms with Gasteiger partial charge in [0.1, 0.15) is 0 Å². The Morgan fingerprint density at radius 2 is 2.24 bits per heavy atom. The molecular formula is C13H18N4. The normalized spacial score (nSPS) is 12.6. The largest absolute Gasteiger partial charge is 0.305 e. The van der Waals surface area contributed by atoms with Crippen LogP contribution in [0.5, 0.6) is 0 Å². The molecule has 0 saturated heterocycles. The molecule has 0 radical (unpaired) electrons. The lowest BCUT2D eigenvalue weighted by Gasteiger charge is -2.18. The molecule has 0 amide bonds. The molecule has 0 bridgehead atoms. The van der Waals surface area contributed by atoms with Crippen LogP contribution in [0.4, 0.5) is 0 Å². The number of hydrogen-bond acceptors (Lipinski definition) is 3. The number of aromatic nitrogens is 3. The third-order valence-electron chi connectivity index (χ3n) is 2.83. The minimum absolute atomic E-state index is 0.153. The molecule has 0 saturated carbocycles. The lowest BCUT2D eigenvalue weighted by Crippen LogP contribution is -2.24. The summed E-state index contributed by atoms with van der Waals surface area (Å²) in [5.41, 5.74) is 3.59. The quantitative estimate of drug-likeness (QED) is 0.871. The predicted molar refractivity (Wildman–Crippen MR) is 67.7 cm³/mol. The molecule has 1 heterocycles. The summed E-state index contributed by atoms with van der Waals surface area (Å²) in [5, 5.41) is 11.4. The highest BCUT2D eigenvalue weighted by Crippen LogP contribution is 2.21. The van der Waals surface area contributed by atoms with Gasteiger partial charge < -0.3 is 5.32 Å². The monoisotopic (exact) mass is 230 g/mol. The van der Waals surface area contributed by atoms with E-state index < -0.39 is 0 Å². The van der Waals surface area contributed by atoms with Crippen molar-refractivity contribution in [2.45, 2.75) is 19.9 Å². The average Bonchev–Trinajstić information content (AvgIpc) is 2.72. The molecule has 0 fully saturated rings. The van der Waals surface area contributed by atoms with Crippen LogP contribution < -0.4 is 5.32 Å². The highest BCUT2D eigenvalue weighted by molar-refractivity contribution is 5.30. The molecule has 0 spiro atoms. The van der Waals surface area contributed by atoms with Crippen LogP contribution in [0, 0.1) is 6.92 Å². The molecule has 2 rings (SSSR count). The van der Waals surface area contributed by atoms with E-state index in [0.29, 0.717) is 0 Å². The van der Waals surface area contributed by atoms with Crippen molar-refractivity contribution >= 4 is 0 Å². The minimum Gasteiger partial charge on any atom is -0.305 e. The van der Waals surface area contributed by atoms with Gasteiger partial charge in [0, 0.05) is 7.05 Å². The Labute approximate surface area is 102 Å². The summed E-state index contributed by atoms with van der Waals surface area (Å²) < 4.78 is 1.82. The van der Waals surface area contributed by atoms with Crippen LogP contribution in [0.25, 0.3) is 0 Å². The molecule has 1 aromatic carbocycles. The van der Waals surface area contributed by atoms with Crippen molar-refractivity contribution in [1.29, 1.82) is 0 Å². The summed E-state index contributed by atoms with van der Waals surface area (Å²) in [5.74, 6) is 0. The minimum atomic E-state index is 0.153. The second kappa shape index (κ2) is 5.10. The summed E-state index contributed by atoms with van der Waals surface area (Å²) >= 11 is 0. The maximum atomic E-state index is 3.99. The number of nitrogens with zero attached hydrogens (tertiary/aromatic N) is 3. The summed E-state index contributed by atoms with van der Waals surface area (Å²) in [6, 6.07) is 8.67. The van der Waals surface area contributed by atoms with Crippen molar-refractivity contribution in [1.82, 2.24) is 20.3 Å². The molecule has 0 aliphatic carbocycles. The van der Waals surface area contributed by atoms with Crippen LogP contribution in [0.3, 0.4) is 0 Å². The zero-order valence-corrected chi connectivity index (χ0v) is 10.5. The Balaban J connectivity index is 2.39. The molecule has 17 heavy (non-hydrogen) atoms. The molecule has 90 valence electrons. The van der Waals surface area contributed by atoms with Gasteiger partial charge in [0.15, 0.2) is 0 Å². The molecule has 1 N–H and O–H groups in total. The van der Waals surface area contributed by atoms with Crippen molar-refractivity contribution in [2.75, 3.05) is 6.54 Å². The third kappa shape index (κ3) is 2.53. The van der Waals surface area contributed by atoms with E-state index in [-0.39, 0.29) is 6.04 Å². The van der Waals surface area contributed by atoms with Gasteiger partial charge >= 0.3 is 0 Å². The predicted octanol–water partition coefficient (Wildman–Crippen LogP) is 1.82. The van der Waals surface area contributed by atoms with Gasteiger partial charge in [-0.05, 0) is 19.0 Å². The first-order chi connectivity index (χ1) is 8.22. The lowest BCUT2D eigenvalue weighted by molar-refractivity contribution is 0.568. The van der Waals surface area contributed by atoms with Gasteiger partial charge in [-0.1, -0.05) is 42.0 Å². The summed E-state index contributed by atoms with van der Waals surface area (Å²) in [4.78, 5) is 0.